The number of hydrogen-bond donors (Lipinski definition) is 1. The van der Waals surface area contributed by atoms with Crippen molar-refractivity contribution < 1.29 is 4.74 Å². The van der Waals surface area contributed by atoms with E-state index in [4.69, 9.17) is 4.74 Å². The van der Waals surface area contributed by atoms with Crippen LogP contribution in [0.5, 0.6) is 0 Å². The van der Waals surface area contributed by atoms with Crippen LogP contribution in [0.15, 0.2) is 18.7 Å². The van der Waals surface area contributed by atoms with E-state index in [1.807, 2.05) is 24.7 Å². The van der Waals surface area contributed by atoms with Gasteiger partial charge in [0.2, 0.25) is 0 Å². The van der Waals surface area contributed by atoms with Gasteiger partial charge in [-0.05, 0) is 19.4 Å². The topological polar surface area (TPSA) is 39.1 Å². The summed E-state index contributed by atoms with van der Waals surface area (Å²) in [4.78, 5) is 0. The molecule has 0 fully saturated rings. The first kappa shape index (κ1) is 12.9. The van der Waals surface area contributed by atoms with Crippen molar-refractivity contribution in [2.24, 2.45) is 7.05 Å². The molecular weight excluding hydrogens is 202 g/mol. The van der Waals surface area contributed by atoms with Crippen LogP contribution in [0.25, 0.3) is 0 Å². The van der Waals surface area contributed by atoms with Crippen LogP contribution in [-0.2, 0) is 18.3 Å². The van der Waals surface area contributed by atoms with E-state index in [1.165, 1.54) is 5.69 Å². The second-order valence-corrected chi connectivity index (χ2v) is 3.77. The Labute approximate surface area is 97.3 Å². The summed E-state index contributed by atoms with van der Waals surface area (Å²) >= 11 is 0. The predicted octanol–water partition coefficient (Wildman–Crippen LogP) is 1.41. The van der Waals surface area contributed by atoms with Gasteiger partial charge in [0.25, 0.3) is 0 Å². The Morgan fingerprint density at radius 1 is 1.56 bits per heavy atom. The third-order valence-corrected chi connectivity index (χ3v) is 2.29. The molecule has 0 atom stereocenters. The van der Waals surface area contributed by atoms with Crippen LogP contribution in [0.2, 0.25) is 0 Å². The molecule has 0 aromatic carbocycles. The van der Waals surface area contributed by atoms with Gasteiger partial charge in [0.1, 0.15) is 0 Å². The fourth-order valence-corrected chi connectivity index (χ4v) is 1.46. The number of rotatable bonds is 8. The average Bonchev–Trinajstić information content (AvgIpc) is 2.56. The van der Waals surface area contributed by atoms with Gasteiger partial charge >= 0.3 is 0 Å². The van der Waals surface area contributed by atoms with Crippen molar-refractivity contribution in [3.05, 3.63) is 30.1 Å². The van der Waals surface area contributed by atoms with Crippen LogP contribution in [-0.4, -0.2) is 29.5 Å². The molecule has 0 aliphatic rings. The smallest absolute Gasteiger partial charge is 0.0597 e. The number of nitrogens with zero attached hydrogens (tertiary/aromatic N) is 2. The van der Waals surface area contributed by atoms with Crippen LogP contribution in [0, 0.1) is 6.92 Å². The van der Waals surface area contributed by atoms with Crippen LogP contribution < -0.4 is 5.32 Å². The summed E-state index contributed by atoms with van der Waals surface area (Å²) in [5, 5.41) is 7.61. The number of nitrogens with one attached hydrogen (secondary N) is 1. The molecule has 0 amide bonds. The van der Waals surface area contributed by atoms with E-state index in [-0.39, 0.29) is 0 Å². The van der Waals surface area contributed by atoms with Gasteiger partial charge in [0, 0.05) is 20.1 Å². The van der Waals surface area contributed by atoms with Gasteiger partial charge in [0.15, 0.2) is 0 Å². The van der Waals surface area contributed by atoms with Crippen molar-refractivity contribution in [3.63, 3.8) is 0 Å². The number of ether oxygens (including phenoxy) is 1. The maximum absolute atomic E-state index is 5.39. The zero-order valence-corrected chi connectivity index (χ0v) is 10.2. The molecule has 1 aromatic rings. The van der Waals surface area contributed by atoms with Crippen molar-refractivity contribution in [3.8, 4) is 0 Å². The van der Waals surface area contributed by atoms with Crippen LogP contribution in [0.3, 0.4) is 0 Å². The second-order valence-electron chi connectivity index (χ2n) is 3.77. The molecule has 0 spiro atoms. The standard InChI is InChI=1S/C12H21N3O/c1-4-5-7-16-8-6-13-10-12-9-11(2)14-15(12)3/h4,9,13H,1,5-8,10H2,2-3H3. The molecule has 0 bridgehead atoms. The lowest BCUT2D eigenvalue weighted by Crippen LogP contribution is -2.20. The maximum Gasteiger partial charge on any atom is 0.0597 e. The van der Waals surface area contributed by atoms with E-state index >= 15 is 0 Å². The second kappa shape index (κ2) is 7.19. The highest BCUT2D eigenvalue weighted by molar-refractivity contribution is 5.08. The summed E-state index contributed by atoms with van der Waals surface area (Å²) in [7, 11) is 1.96. The summed E-state index contributed by atoms with van der Waals surface area (Å²) in [5.74, 6) is 0. The highest BCUT2D eigenvalue weighted by atomic mass is 16.5. The lowest BCUT2D eigenvalue weighted by Gasteiger charge is -2.05. The van der Waals surface area contributed by atoms with Gasteiger partial charge in [-0.3, -0.25) is 4.68 Å². The van der Waals surface area contributed by atoms with E-state index in [2.05, 4.69) is 23.1 Å². The van der Waals surface area contributed by atoms with E-state index in [0.29, 0.717) is 0 Å². The molecule has 0 aliphatic heterocycles. The molecule has 1 rings (SSSR count). The molecule has 0 radical (unpaired) electrons. The fraction of sp³-hybridized carbons (Fsp3) is 0.583. The monoisotopic (exact) mass is 223 g/mol. The first-order valence-electron chi connectivity index (χ1n) is 5.63. The van der Waals surface area contributed by atoms with Crippen LogP contribution in [0.1, 0.15) is 17.8 Å². The predicted molar refractivity (Wildman–Crippen MR) is 65.3 cm³/mol. The summed E-state index contributed by atoms with van der Waals surface area (Å²) in [6, 6.07) is 2.09. The molecular formula is C12H21N3O. The van der Waals surface area contributed by atoms with Crippen molar-refractivity contribution in [1.82, 2.24) is 15.1 Å². The molecule has 1 N–H and O–H groups in total. The zero-order chi connectivity index (χ0) is 11.8. The molecule has 4 nitrogen and oxygen atoms in total. The molecule has 0 aliphatic carbocycles. The van der Waals surface area contributed by atoms with E-state index < -0.39 is 0 Å². The maximum atomic E-state index is 5.39. The number of aromatic nitrogens is 2. The van der Waals surface area contributed by atoms with E-state index in [1.54, 1.807) is 0 Å². The molecule has 0 saturated heterocycles. The Kier molecular flexibility index (Phi) is 5.82. The quantitative estimate of drug-likeness (QED) is 0.535. The highest BCUT2D eigenvalue weighted by Gasteiger charge is 2.00. The van der Waals surface area contributed by atoms with Gasteiger partial charge in [-0.2, -0.15) is 5.10 Å². The molecule has 90 valence electrons. The van der Waals surface area contributed by atoms with Gasteiger partial charge in [-0.25, -0.2) is 0 Å². The lowest BCUT2D eigenvalue weighted by atomic mass is 10.3. The van der Waals surface area contributed by atoms with Gasteiger partial charge in [-0.15, -0.1) is 6.58 Å². The molecule has 16 heavy (non-hydrogen) atoms. The summed E-state index contributed by atoms with van der Waals surface area (Å²) in [5.41, 5.74) is 2.25. The molecule has 4 heteroatoms. The van der Waals surface area contributed by atoms with Gasteiger partial charge in [0.05, 0.1) is 24.6 Å². The van der Waals surface area contributed by atoms with Crippen molar-refractivity contribution >= 4 is 0 Å². The van der Waals surface area contributed by atoms with Gasteiger partial charge < -0.3 is 10.1 Å². The Morgan fingerprint density at radius 2 is 2.38 bits per heavy atom. The molecule has 1 aromatic heterocycles. The normalized spacial score (nSPS) is 10.6. The summed E-state index contributed by atoms with van der Waals surface area (Å²) < 4.78 is 7.29. The Balaban J connectivity index is 2.07. The van der Waals surface area contributed by atoms with E-state index in [9.17, 15) is 0 Å². The van der Waals surface area contributed by atoms with Crippen LogP contribution in [0.4, 0.5) is 0 Å². The lowest BCUT2D eigenvalue weighted by molar-refractivity contribution is 0.140. The summed E-state index contributed by atoms with van der Waals surface area (Å²) in [6.45, 7) is 8.84. The number of hydrogen-bond acceptors (Lipinski definition) is 3. The minimum atomic E-state index is 0.741. The van der Waals surface area contributed by atoms with Crippen molar-refractivity contribution in [1.29, 1.82) is 0 Å². The van der Waals surface area contributed by atoms with Crippen molar-refractivity contribution in [2.75, 3.05) is 19.8 Å². The molecule has 1 heterocycles. The Morgan fingerprint density at radius 3 is 3.00 bits per heavy atom. The Hall–Kier alpha value is -1.13. The third-order valence-electron chi connectivity index (χ3n) is 2.29. The van der Waals surface area contributed by atoms with Crippen molar-refractivity contribution in [2.45, 2.75) is 19.9 Å². The molecule has 0 unspecified atom stereocenters. The molecule has 0 saturated carbocycles. The Bertz CT molecular complexity index is 320. The average molecular weight is 223 g/mol. The largest absolute Gasteiger partial charge is 0.380 e. The third kappa shape index (κ3) is 4.59. The summed E-state index contributed by atoms with van der Waals surface area (Å²) in [6.07, 6.45) is 2.78. The highest BCUT2D eigenvalue weighted by Crippen LogP contribution is 2.00. The minimum Gasteiger partial charge on any atom is -0.380 e. The van der Waals surface area contributed by atoms with Gasteiger partial charge in [-0.1, -0.05) is 6.08 Å². The number of aryl methyl sites for hydroxylation is 2. The first-order chi connectivity index (χ1) is 7.74. The minimum absolute atomic E-state index is 0.741. The van der Waals surface area contributed by atoms with Crippen LogP contribution >= 0.6 is 0 Å². The van der Waals surface area contributed by atoms with E-state index in [0.717, 1.165) is 38.4 Å². The SMILES string of the molecule is C=CCCOCCNCc1cc(C)nn1C. The zero-order valence-electron chi connectivity index (χ0n) is 10.2. The fourth-order valence-electron chi connectivity index (χ4n) is 1.46. The first-order valence-corrected chi connectivity index (χ1v) is 5.63.